The number of nitrogens with zero attached hydrogens (tertiary/aromatic N) is 3. The number of anilines is 1. The third-order valence-electron chi connectivity index (χ3n) is 2.99. The summed E-state index contributed by atoms with van der Waals surface area (Å²) in [4.78, 5) is 4.54. The van der Waals surface area contributed by atoms with E-state index >= 15 is 0 Å². The highest BCUT2D eigenvalue weighted by atomic mass is 79.9. The van der Waals surface area contributed by atoms with Crippen molar-refractivity contribution in [1.82, 2.24) is 14.6 Å². The molecule has 0 saturated heterocycles. The van der Waals surface area contributed by atoms with Crippen molar-refractivity contribution in [1.29, 1.82) is 0 Å². The van der Waals surface area contributed by atoms with E-state index in [-0.39, 0.29) is 6.04 Å². The molecule has 96 valence electrons. The van der Waals surface area contributed by atoms with Gasteiger partial charge >= 0.3 is 0 Å². The molecule has 3 rings (SSSR count). The van der Waals surface area contributed by atoms with Crippen LogP contribution in [-0.2, 0) is 0 Å². The molecule has 0 aliphatic rings. The first kappa shape index (κ1) is 12.2. The van der Waals surface area contributed by atoms with E-state index in [0.717, 1.165) is 15.9 Å². The van der Waals surface area contributed by atoms with E-state index in [1.165, 1.54) is 5.56 Å². The quantitative estimate of drug-likeness (QED) is 0.801. The van der Waals surface area contributed by atoms with Crippen LogP contribution >= 0.6 is 15.9 Å². The topological polar surface area (TPSA) is 42.2 Å². The molecule has 0 unspecified atom stereocenters. The molecule has 1 atom stereocenters. The standard InChI is InChI=1S/C14H13BrN4/c1-10(11-5-3-2-4-6-11)17-13-7-8-19-14(18-13)12(15)9-16-19/h2-10H,1H3,(H,17,18)/t10-/m1/s1. The van der Waals surface area contributed by atoms with Gasteiger partial charge in [0.25, 0.3) is 0 Å². The average molecular weight is 317 g/mol. The molecule has 1 aromatic carbocycles. The molecule has 0 amide bonds. The second kappa shape index (κ2) is 5.01. The second-order valence-electron chi connectivity index (χ2n) is 4.35. The van der Waals surface area contributed by atoms with Crippen LogP contribution in [-0.4, -0.2) is 14.6 Å². The van der Waals surface area contributed by atoms with Crippen LogP contribution in [0.5, 0.6) is 0 Å². The zero-order valence-corrected chi connectivity index (χ0v) is 12.0. The number of nitrogens with one attached hydrogen (secondary N) is 1. The fourth-order valence-corrected chi connectivity index (χ4v) is 2.33. The van der Waals surface area contributed by atoms with Gasteiger partial charge in [-0.2, -0.15) is 5.10 Å². The Morgan fingerprint density at radius 2 is 2.00 bits per heavy atom. The van der Waals surface area contributed by atoms with E-state index in [1.54, 1.807) is 10.7 Å². The molecule has 2 aromatic heterocycles. The third kappa shape index (κ3) is 2.46. The minimum atomic E-state index is 0.206. The fraction of sp³-hybridized carbons (Fsp3) is 0.143. The molecule has 5 heteroatoms. The maximum Gasteiger partial charge on any atom is 0.171 e. The van der Waals surface area contributed by atoms with Crippen molar-refractivity contribution >= 4 is 27.4 Å². The number of hydrogen-bond donors (Lipinski definition) is 1. The number of hydrogen-bond acceptors (Lipinski definition) is 3. The molecule has 19 heavy (non-hydrogen) atoms. The Hall–Kier alpha value is -1.88. The van der Waals surface area contributed by atoms with E-state index < -0.39 is 0 Å². The van der Waals surface area contributed by atoms with Crippen molar-refractivity contribution in [3.8, 4) is 0 Å². The van der Waals surface area contributed by atoms with Gasteiger partial charge in [0.1, 0.15) is 5.82 Å². The molecule has 2 heterocycles. The molecule has 3 aromatic rings. The van der Waals surface area contributed by atoms with E-state index in [1.807, 2.05) is 30.5 Å². The Kier molecular flexibility index (Phi) is 3.21. The van der Waals surface area contributed by atoms with E-state index in [9.17, 15) is 0 Å². The Bertz CT molecular complexity index is 693. The van der Waals surface area contributed by atoms with Gasteiger partial charge in [-0.25, -0.2) is 9.50 Å². The molecule has 0 fully saturated rings. The lowest BCUT2D eigenvalue weighted by Crippen LogP contribution is -2.08. The van der Waals surface area contributed by atoms with E-state index in [4.69, 9.17) is 0 Å². The summed E-state index contributed by atoms with van der Waals surface area (Å²) in [6, 6.07) is 12.4. The molecule has 0 aliphatic heterocycles. The zero-order valence-electron chi connectivity index (χ0n) is 10.4. The lowest BCUT2D eigenvalue weighted by Gasteiger charge is -2.14. The highest BCUT2D eigenvalue weighted by Gasteiger charge is 2.07. The zero-order chi connectivity index (χ0) is 13.2. The molecular formula is C14H13BrN4. The summed E-state index contributed by atoms with van der Waals surface area (Å²) >= 11 is 3.44. The van der Waals surface area contributed by atoms with Gasteiger partial charge in [-0.3, -0.25) is 0 Å². The summed E-state index contributed by atoms with van der Waals surface area (Å²) < 4.78 is 2.63. The van der Waals surface area contributed by atoms with Gasteiger partial charge < -0.3 is 5.32 Å². The maximum atomic E-state index is 4.54. The van der Waals surface area contributed by atoms with Gasteiger partial charge in [0.2, 0.25) is 0 Å². The van der Waals surface area contributed by atoms with Crippen LogP contribution in [0.4, 0.5) is 5.82 Å². The van der Waals surface area contributed by atoms with Gasteiger partial charge in [-0.05, 0) is 34.5 Å². The lowest BCUT2D eigenvalue weighted by molar-refractivity contribution is 0.867. The highest BCUT2D eigenvalue weighted by Crippen LogP contribution is 2.20. The second-order valence-corrected chi connectivity index (χ2v) is 5.20. The van der Waals surface area contributed by atoms with Gasteiger partial charge in [-0.15, -0.1) is 0 Å². The lowest BCUT2D eigenvalue weighted by atomic mass is 10.1. The van der Waals surface area contributed by atoms with E-state index in [2.05, 4.69) is 50.4 Å². The van der Waals surface area contributed by atoms with Crippen LogP contribution in [0.15, 0.2) is 53.3 Å². The van der Waals surface area contributed by atoms with Crippen LogP contribution in [0, 0.1) is 0 Å². The first-order valence-corrected chi connectivity index (χ1v) is 6.85. The minimum Gasteiger partial charge on any atom is -0.363 e. The molecule has 4 nitrogen and oxygen atoms in total. The van der Waals surface area contributed by atoms with E-state index in [0.29, 0.717) is 0 Å². The first-order chi connectivity index (χ1) is 9.24. The number of fused-ring (bicyclic) bond motifs is 1. The van der Waals surface area contributed by atoms with Crippen LogP contribution in [0.2, 0.25) is 0 Å². The fourth-order valence-electron chi connectivity index (χ4n) is 1.97. The Balaban J connectivity index is 1.87. The molecular weight excluding hydrogens is 304 g/mol. The maximum absolute atomic E-state index is 4.54. The predicted molar refractivity (Wildman–Crippen MR) is 79.2 cm³/mol. The first-order valence-electron chi connectivity index (χ1n) is 6.05. The number of aromatic nitrogens is 3. The summed E-state index contributed by atoms with van der Waals surface area (Å²) in [5.74, 6) is 0.838. The summed E-state index contributed by atoms with van der Waals surface area (Å²) in [6.45, 7) is 2.12. The number of benzene rings is 1. The van der Waals surface area contributed by atoms with Crippen LogP contribution in [0.3, 0.4) is 0 Å². The predicted octanol–water partition coefficient (Wildman–Crippen LogP) is 3.66. The van der Waals surface area contributed by atoms with Crippen LogP contribution < -0.4 is 5.32 Å². The Labute approximate surface area is 119 Å². The largest absolute Gasteiger partial charge is 0.363 e. The molecule has 0 radical (unpaired) electrons. The van der Waals surface area contributed by atoms with Gasteiger partial charge in [0.05, 0.1) is 10.7 Å². The smallest absolute Gasteiger partial charge is 0.171 e. The highest BCUT2D eigenvalue weighted by molar-refractivity contribution is 9.10. The van der Waals surface area contributed by atoms with Crippen LogP contribution in [0.25, 0.3) is 5.65 Å². The molecule has 1 N–H and O–H groups in total. The Morgan fingerprint density at radius 3 is 2.79 bits per heavy atom. The minimum absolute atomic E-state index is 0.206. The van der Waals surface area contributed by atoms with Gasteiger partial charge in [0.15, 0.2) is 5.65 Å². The Morgan fingerprint density at radius 1 is 1.21 bits per heavy atom. The average Bonchev–Trinajstić information content (AvgIpc) is 2.81. The molecule has 0 aliphatic carbocycles. The molecule has 0 bridgehead atoms. The van der Waals surface area contributed by atoms with Crippen molar-refractivity contribution in [3.05, 3.63) is 58.8 Å². The summed E-state index contributed by atoms with van der Waals surface area (Å²) in [5.41, 5.74) is 2.04. The summed E-state index contributed by atoms with van der Waals surface area (Å²) in [6.07, 6.45) is 3.64. The number of rotatable bonds is 3. The van der Waals surface area contributed by atoms with Crippen molar-refractivity contribution < 1.29 is 0 Å². The SMILES string of the molecule is C[C@@H](Nc1ccn2ncc(Br)c2n1)c1ccccc1. The van der Waals surface area contributed by atoms with Crippen molar-refractivity contribution in [2.24, 2.45) is 0 Å². The number of halogens is 1. The summed E-state index contributed by atoms with van der Waals surface area (Å²) in [7, 11) is 0. The van der Waals surface area contributed by atoms with Crippen molar-refractivity contribution in [3.63, 3.8) is 0 Å². The normalized spacial score (nSPS) is 12.5. The summed E-state index contributed by atoms with van der Waals surface area (Å²) in [5, 5.41) is 7.57. The van der Waals surface area contributed by atoms with Crippen molar-refractivity contribution in [2.45, 2.75) is 13.0 Å². The van der Waals surface area contributed by atoms with Crippen molar-refractivity contribution in [2.75, 3.05) is 5.32 Å². The molecule has 0 saturated carbocycles. The van der Waals surface area contributed by atoms with Crippen LogP contribution in [0.1, 0.15) is 18.5 Å². The molecule has 0 spiro atoms. The third-order valence-corrected chi connectivity index (χ3v) is 3.55. The monoisotopic (exact) mass is 316 g/mol. The van der Waals surface area contributed by atoms with Gasteiger partial charge in [0, 0.05) is 12.2 Å². The van der Waals surface area contributed by atoms with Gasteiger partial charge in [-0.1, -0.05) is 30.3 Å².